The summed E-state index contributed by atoms with van der Waals surface area (Å²) in [5.41, 5.74) is -1.65. The Balaban J connectivity index is 2.04. The lowest BCUT2D eigenvalue weighted by Crippen LogP contribution is -2.71. The van der Waals surface area contributed by atoms with E-state index < -0.39 is 24.9 Å². The van der Waals surface area contributed by atoms with Crippen LogP contribution in [-0.4, -0.2) is 44.6 Å². The summed E-state index contributed by atoms with van der Waals surface area (Å²) in [7, 11) is -2.00. The molecule has 2 heterocycles. The molecule has 1 spiro atoms. The molecule has 5 heteroatoms. The predicted octanol–water partition coefficient (Wildman–Crippen LogP) is 4.97. The Kier molecular flexibility index (Phi) is 4.69. The van der Waals surface area contributed by atoms with Crippen LogP contribution in [0.3, 0.4) is 0 Å². The van der Waals surface area contributed by atoms with Gasteiger partial charge in [0.05, 0.1) is 24.9 Å². The average Bonchev–Trinajstić information content (AvgIpc) is 3.25. The van der Waals surface area contributed by atoms with Crippen LogP contribution in [0.4, 0.5) is 0 Å². The molecule has 0 aromatic rings. The lowest BCUT2D eigenvalue weighted by atomic mass is 9.48. The minimum Gasteiger partial charge on any atom is -0.416 e. The number of hydrogen-bond donors (Lipinski definition) is 0. The topological polar surface area (TPSA) is 48.1 Å². The Labute approximate surface area is 166 Å². The molecule has 0 bridgehead atoms. The number of ether oxygens (including phenoxy) is 2. The maximum atomic E-state index is 13.8. The number of rotatable bonds is 3. The van der Waals surface area contributed by atoms with E-state index in [0.717, 1.165) is 6.42 Å². The Morgan fingerprint density at radius 1 is 1.19 bits per heavy atom. The summed E-state index contributed by atoms with van der Waals surface area (Å²) >= 11 is 0. The SMILES string of the molecule is C[C@@H]1C[C@H]2OC(C)(C)CC(=O)[C@@]2(CO[Si](C)(C)C(C)(C)C)[C@@]2(CO2)C1(C)C. The van der Waals surface area contributed by atoms with Crippen molar-refractivity contribution in [3.63, 3.8) is 0 Å². The van der Waals surface area contributed by atoms with Crippen molar-refractivity contribution in [2.75, 3.05) is 13.2 Å². The number of hydrogen-bond acceptors (Lipinski definition) is 4. The van der Waals surface area contributed by atoms with Gasteiger partial charge in [-0.2, -0.15) is 0 Å². The summed E-state index contributed by atoms with van der Waals surface area (Å²) in [6.45, 7) is 23.2. The molecule has 2 aliphatic heterocycles. The second-order valence-electron chi connectivity index (χ2n) is 12.0. The Hall–Kier alpha value is -0.233. The van der Waals surface area contributed by atoms with E-state index in [1.807, 2.05) is 13.8 Å². The van der Waals surface area contributed by atoms with Crippen LogP contribution in [0.5, 0.6) is 0 Å². The van der Waals surface area contributed by atoms with Crippen molar-refractivity contribution in [3.05, 3.63) is 0 Å². The molecule has 2 saturated heterocycles. The smallest absolute Gasteiger partial charge is 0.192 e. The van der Waals surface area contributed by atoms with Gasteiger partial charge in [-0.25, -0.2) is 0 Å². The third kappa shape index (κ3) is 2.91. The quantitative estimate of drug-likeness (QED) is 0.499. The molecule has 0 amide bonds. The standard InChI is InChI=1S/C22H40O4Si/c1-15-11-17-21(16(23)12-19(5,6)26-17,22(14-24-22)20(15,7)8)13-25-27(9,10)18(2,3)4/h15,17H,11-14H2,1-10H3/t15-,17-,21-,22-/m1/s1. The highest BCUT2D eigenvalue weighted by atomic mass is 28.4. The molecule has 0 aromatic carbocycles. The van der Waals surface area contributed by atoms with E-state index >= 15 is 0 Å². The molecule has 0 radical (unpaired) electrons. The van der Waals surface area contributed by atoms with Gasteiger partial charge in [-0.1, -0.05) is 41.5 Å². The van der Waals surface area contributed by atoms with E-state index in [1.165, 1.54) is 0 Å². The molecule has 1 saturated carbocycles. The van der Waals surface area contributed by atoms with Crippen LogP contribution in [0.15, 0.2) is 0 Å². The molecule has 27 heavy (non-hydrogen) atoms. The van der Waals surface area contributed by atoms with Crippen molar-refractivity contribution in [2.45, 2.75) is 104 Å². The van der Waals surface area contributed by atoms with Crippen molar-refractivity contribution < 1.29 is 18.7 Å². The number of Topliss-reactive ketones (excluding diaryl/α,β-unsaturated/α-hetero) is 1. The molecule has 3 rings (SSSR count). The minimum atomic E-state index is -2.00. The van der Waals surface area contributed by atoms with Gasteiger partial charge in [-0.3, -0.25) is 4.79 Å². The van der Waals surface area contributed by atoms with Crippen molar-refractivity contribution in [3.8, 4) is 0 Å². The molecule has 1 aliphatic carbocycles. The van der Waals surface area contributed by atoms with Crippen LogP contribution in [0.25, 0.3) is 0 Å². The first-order valence-corrected chi connectivity index (χ1v) is 13.4. The Morgan fingerprint density at radius 3 is 2.22 bits per heavy atom. The molecule has 0 unspecified atom stereocenters. The maximum Gasteiger partial charge on any atom is 0.192 e. The minimum absolute atomic E-state index is 0.0825. The maximum absolute atomic E-state index is 13.8. The number of carbonyl (C=O) groups excluding carboxylic acids is 1. The van der Waals surface area contributed by atoms with Crippen molar-refractivity contribution in [1.82, 2.24) is 0 Å². The average molecular weight is 397 g/mol. The number of ketones is 1. The van der Waals surface area contributed by atoms with Gasteiger partial charge in [-0.05, 0) is 49.7 Å². The zero-order chi connectivity index (χ0) is 20.7. The predicted molar refractivity (Wildman–Crippen MR) is 110 cm³/mol. The van der Waals surface area contributed by atoms with Crippen LogP contribution in [-0.2, 0) is 18.7 Å². The highest BCUT2D eigenvalue weighted by Crippen LogP contribution is 2.67. The van der Waals surface area contributed by atoms with Crippen LogP contribution < -0.4 is 0 Å². The number of fused-ring (bicyclic) bond motifs is 2. The van der Waals surface area contributed by atoms with Gasteiger partial charge in [-0.15, -0.1) is 0 Å². The van der Waals surface area contributed by atoms with Crippen LogP contribution >= 0.6 is 0 Å². The number of carbonyl (C=O) groups is 1. The monoisotopic (exact) mass is 396 g/mol. The first-order chi connectivity index (χ1) is 12.0. The van der Waals surface area contributed by atoms with E-state index in [0.29, 0.717) is 25.6 Å². The molecule has 0 N–H and O–H groups in total. The molecule has 156 valence electrons. The molecule has 4 nitrogen and oxygen atoms in total. The van der Waals surface area contributed by atoms with E-state index in [4.69, 9.17) is 13.9 Å². The molecule has 3 fully saturated rings. The zero-order valence-electron chi connectivity index (χ0n) is 19.1. The van der Waals surface area contributed by atoms with Crippen molar-refractivity contribution in [2.24, 2.45) is 16.7 Å². The van der Waals surface area contributed by atoms with Gasteiger partial charge in [0.2, 0.25) is 0 Å². The largest absolute Gasteiger partial charge is 0.416 e. The molecular formula is C22H40O4Si. The third-order valence-electron chi connectivity index (χ3n) is 8.56. The van der Waals surface area contributed by atoms with Crippen LogP contribution in [0.2, 0.25) is 18.1 Å². The first kappa shape index (κ1) is 21.5. The summed E-state index contributed by atoms with van der Waals surface area (Å²) in [5, 5.41) is 0.103. The highest BCUT2D eigenvalue weighted by molar-refractivity contribution is 6.74. The van der Waals surface area contributed by atoms with Crippen LogP contribution in [0, 0.1) is 16.7 Å². The number of epoxide rings is 1. The molecule has 0 aromatic heterocycles. The van der Waals surface area contributed by atoms with Gasteiger partial charge in [0.15, 0.2) is 8.32 Å². The molecule has 4 atom stereocenters. The van der Waals surface area contributed by atoms with E-state index in [9.17, 15) is 4.79 Å². The molecular weight excluding hydrogens is 356 g/mol. The second kappa shape index (κ2) is 5.90. The fourth-order valence-corrected chi connectivity index (χ4v) is 6.10. The fourth-order valence-electron chi connectivity index (χ4n) is 5.08. The van der Waals surface area contributed by atoms with E-state index in [-0.39, 0.29) is 22.3 Å². The highest BCUT2D eigenvalue weighted by Gasteiger charge is 2.79. The van der Waals surface area contributed by atoms with Crippen LogP contribution in [0.1, 0.15) is 68.2 Å². The van der Waals surface area contributed by atoms with Gasteiger partial charge < -0.3 is 13.9 Å². The summed E-state index contributed by atoms with van der Waals surface area (Å²) in [4.78, 5) is 13.8. The summed E-state index contributed by atoms with van der Waals surface area (Å²) in [6, 6.07) is 0. The normalized spacial score (nSPS) is 40.7. The molecule has 3 aliphatic rings. The summed E-state index contributed by atoms with van der Waals surface area (Å²) in [6.07, 6.45) is 1.18. The van der Waals surface area contributed by atoms with Crippen molar-refractivity contribution >= 4 is 14.1 Å². The second-order valence-corrected chi connectivity index (χ2v) is 16.8. The van der Waals surface area contributed by atoms with Gasteiger partial charge in [0.25, 0.3) is 0 Å². The summed E-state index contributed by atoms with van der Waals surface area (Å²) in [5.74, 6) is 0.702. The van der Waals surface area contributed by atoms with Gasteiger partial charge in [0, 0.05) is 6.42 Å². The zero-order valence-corrected chi connectivity index (χ0v) is 20.1. The van der Waals surface area contributed by atoms with E-state index in [1.54, 1.807) is 0 Å². The lowest BCUT2D eigenvalue weighted by molar-refractivity contribution is -0.237. The Morgan fingerprint density at radius 2 is 1.74 bits per heavy atom. The lowest BCUT2D eigenvalue weighted by Gasteiger charge is -2.60. The van der Waals surface area contributed by atoms with Gasteiger partial charge >= 0.3 is 0 Å². The third-order valence-corrected chi connectivity index (χ3v) is 13.0. The Bertz CT molecular complexity index is 627. The first-order valence-electron chi connectivity index (χ1n) is 10.5. The van der Waals surface area contributed by atoms with E-state index in [2.05, 4.69) is 54.6 Å². The van der Waals surface area contributed by atoms with Gasteiger partial charge in [0.1, 0.15) is 16.8 Å². The fraction of sp³-hybridized carbons (Fsp3) is 0.955. The van der Waals surface area contributed by atoms with Crippen molar-refractivity contribution in [1.29, 1.82) is 0 Å². The summed E-state index contributed by atoms with van der Waals surface area (Å²) < 4.78 is 19.5.